The lowest BCUT2D eigenvalue weighted by Gasteiger charge is -2.46. The number of rotatable bonds is 19. The van der Waals surface area contributed by atoms with Crippen molar-refractivity contribution in [2.75, 3.05) is 19.8 Å². The highest BCUT2D eigenvalue weighted by Gasteiger charge is 2.58. The van der Waals surface area contributed by atoms with Gasteiger partial charge in [0.25, 0.3) is 0 Å². The van der Waals surface area contributed by atoms with Gasteiger partial charge < -0.3 is 71.4 Å². The highest BCUT2D eigenvalue weighted by Crippen LogP contribution is 2.37. The lowest BCUT2D eigenvalue weighted by Crippen LogP contribution is -2.65. The highest BCUT2D eigenvalue weighted by atomic mass is 16.8. The van der Waals surface area contributed by atoms with Crippen LogP contribution in [0.3, 0.4) is 0 Å². The molecular formula is C50H54O24. The molecule has 14 atom stereocenters. The van der Waals surface area contributed by atoms with Crippen molar-refractivity contribution in [1.29, 1.82) is 0 Å². The van der Waals surface area contributed by atoms with Crippen LogP contribution < -0.4 is 0 Å². The van der Waals surface area contributed by atoms with Gasteiger partial charge in [-0.15, -0.1) is 0 Å². The van der Waals surface area contributed by atoms with Gasteiger partial charge in [-0.1, -0.05) is 54.6 Å². The first-order valence-electron chi connectivity index (χ1n) is 22.9. The van der Waals surface area contributed by atoms with Gasteiger partial charge >= 0.3 is 53.7 Å². The molecule has 398 valence electrons. The molecule has 3 aromatic carbocycles. The molecule has 1 unspecified atom stereocenters. The molecule has 3 aliphatic rings. The first kappa shape index (κ1) is 56.0. The number of benzene rings is 3. The molecule has 3 saturated heterocycles. The second kappa shape index (κ2) is 26.0. The molecular weight excluding hydrogens is 985 g/mol. The van der Waals surface area contributed by atoms with E-state index in [1.54, 1.807) is 54.6 Å². The van der Waals surface area contributed by atoms with Gasteiger partial charge in [0.05, 0.1) is 23.3 Å². The van der Waals surface area contributed by atoms with Crippen LogP contribution in [-0.4, -0.2) is 165 Å². The normalized spacial score (nSPS) is 28.3. The molecule has 3 heterocycles. The van der Waals surface area contributed by atoms with Crippen LogP contribution in [0.4, 0.5) is 0 Å². The van der Waals surface area contributed by atoms with Crippen molar-refractivity contribution in [2.45, 2.75) is 128 Å². The predicted molar refractivity (Wildman–Crippen MR) is 241 cm³/mol. The van der Waals surface area contributed by atoms with Gasteiger partial charge in [0.15, 0.2) is 67.7 Å². The van der Waals surface area contributed by atoms with Gasteiger partial charge in [-0.25, -0.2) is 14.4 Å². The highest BCUT2D eigenvalue weighted by molar-refractivity contribution is 5.91. The molecule has 3 aliphatic heterocycles. The molecule has 0 aliphatic carbocycles. The van der Waals surface area contributed by atoms with Crippen molar-refractivity contribution in [1.82, 2.24) is 0 Å². The molecule has 3 aromatic rings. The van der Waals surface area contributed by atoms with E-state index >= 15 is 0 Å². The number of carbonyl (C=O) groups is 9. The summed E-state index contributed by atoms with van der Waals surface area (Å²) >= 11 is 0. The van der Waals surface area contributed by atoms with Gasteiger partial charge in [0, 0.05) is 41.5 Å². The smallest absolute Gasteiger partial charge is 0.338 e. The topological polar surface area (TPSA) is 303 Å². The van der Waals surface area contributed by atoms with Crippen molar-refractivity contribution >= 4 is 53.7 Å². The first-order valence-corrected chi connectivity index (χ1v) is 22.9. The molecule has 6 rings (SSSR count). The first-order chi connectivity index (χ1) is 35.3. The Hall–Kier alpha value is -7.35. The SMILES string of the molecule is CC(=O)OC[C@H]1O[C@@H](OC[C@H]2OC(O)[C@H](OC(C)=O)[C@@H](OC(C)=O)[C@H]2OC(C)=O)[C@H](O[C@@H]2O[C@@H](COC(=O)c3ccccc3)[C@H](OC(=O)c3ccccc3)[C@H]2OC(=O)c2ccccc2)[C@@H](OC(C)=O)[C@H]1OC(C)=O. The molecule has 0 amide bonds. The van der Waals surface area contributed by atoms with Gasteiger partial charge in [0.1, 0.15) is 31.5 Å². The summed E-state index contributed by atoms with van der Waals surface area (Å²) in [6.07, 6.45) is -24.6. The number of aliphatic hydroxyl groups excluding tert-OH is 1. The van der Waals surface area contributed by atoms with Gasteiger partial charge in [-0.05, 0) is 36.4 Å². The quantitative estimate of drug-likeness (QED) is 0.133. The van der Waals surface area contributed by atoms with Crippen LogP contribution in [0.1, 0.15) is 72.6 Å². The zero-order valence-corrected chi connectivity index (χ0v) is 40.7. The summed E-state index contributed by atoms with van der Waals surface area (Å²) in [7, 11) is 0. The lowest BCUT2D eigenvalue weighted by atomic mass is 9.97. The maximum absolute atomic E-state index is 14.0. The minimum absolute atomic E-state index is 0.0153. The summed E-state index contributed by atoms with van der Waals surface area (Å²) in [4.78, 5) is 116. The molecule has 0 bridgehead atoms. The molecule has 3 fully saturated rings. The van der Waals surface area contributed by atoms with E-state index in [0.29, 0.717) is 0 Å². The Balaban J connectivity index is 1.44. The standard InChI is InChI=1S/C50H54O24/c1-25(51)61-22-35-38(65-27(3)53)41(67-29(5)55)44(49(70-35)63-24-34-37(64-26(2)52)40(66-28(4)54)42(48(60)69-34)68-30(6)56)74-50-43(73-47(59)33-20-14-9-15-21-33)39(72-46(58)32-18-12-8-13-19-32)36(71-50)23-62-45(57)31-16-10-7-11-17-31/h7-21,34-44,48-50,60H,22-24H2,1-6H3/t34-,35-,36+,37+,38+,39+,40+,41+,42-,43-,44-,48?,49-,50+/m1/s1. The van der Waals surface area contributed by atoms with Crippen LogP contribution in [0, 0.1) is 0 Å². The molecule has 74 heavy (non-hydrogen) atoms. The van der Waals surface area contributed by atoms with Crippen LogP contribution in [0.5, 0.6) is 0 Å². The molecule has 0 radical (unpaired) electrons. The minimum atomic E-state index is -2.04. The molecule has 0 saturated carbocycles. The third-order valence-electron chi connectivity index (χ3n) is 11.0. The van der Waals surface area contributed by atoms with E-state index in [-0.39, 0.29) is 16.7 Å². The third kappa shape index (κ3) is 15.1. The van der Waals surface area contributed by atoms with E-state index in [0.717, 1.165) is 41.5 Å². The average molecular weight is 1040 g/mol. The summed E-state index contributed by atoms with van der Waals surface area (Å²) < 4.78 is 81.6. The number of hydrogen-bond donors (Lipinski definition) is 1. The van der Waals surface area contributed by atoms with E-state index in [1.807, 2.05) is 0 Å². The lowest BCUT2D eigenvalue weighted by molar-refractivity contribution is -0.350. The van der Waals surface area contributed by atoms with Crippen molar-refractivity contribution in [2.24, 2.45) is 0 Å². The van der Waals surface area contributed by atoms with E-state index in [9.17, 15) is 48.3 Å². The zero-order valence-electron chi connectivity index (χ0n) is 40.7. The van der Waals surface area contributed by atoms with Crippen LogP contribution in [-0.2, 0) is 95.1 Å². The van der Waals surface area contributed by atoms with E-state index in [4.69, 9.17) is 66.3 Å². The molecule has 24 heteroatoms. The van der Waals surface area contributed by atoms with Gasteiger partial charge in [-0.2, -0.15) is 0 Å². The summed E-state index contributed by atoms with van der Waals surface area (Å²) in [6, 6.07) is 23.1. The largest absolute Gasteiger partial charge is 0.463 e. The molecule has 0 spiro atoms. The maximum atomic E-state index is 14.0. The molecule has 0 aromatic heterocycles. The summed E-state index contributed by atoms with van der Waals surface area (Å²) in [5.74, 6) is -8.35. The van der Waals surface area contributed by atoms with Crippen LogP contribution in [0.15, 0.2) is 91.0 Å². The number of carbonyl (C=O) groups excluding carboxylic acids is 9. The van der Waals surface area contributed by atoms with Gasteiger partial charge in [0.2, 0.25) is 0 Å². The Morgan fingerprint density at radius 2 is 0.743 bits per heavy atom. The fraction of sp³-hybridized carbons (Fsp3) is 0.460. The monoisotopic (exact) mass is 1040 g/mol. The summed E-state index contributed by atoms with van der Waals surface area (Å²) in [5.41, 5.74) is 0.203. The fourth-order valence-electron chi connectivity index (χ4n) is 8.05. The maximum Gasteiger partial charge on any atom is 0.338 e. The second-order valence-corrected chi connectivity index (χ2v) is 16.7. The minimum Gasteiger partial charge on any atom is -0.463 e. The van der Waals surface area contributed by atoms with Crippen molar-refractivity contribution < 1.29 is 115 Å². The van der Waals surface area contributed by atoms with Crippen molar-refractivity contribution in [3.63, 3.8) is 0 Å². The summed E-state index contributed by atoms with van der Waals surface area (Å²) in [6.45, 7) is 3.93. The Labute approximate surface area is 422 Å². The van der Waals surface area contributed by atoms with Crippen LogP contribution >= 0.6 is 0 Å². The second-order valence-electron chi connectivity index (χ2n) is 16.7. The Morgan fingerprint density at radius 3 is 1.20 bits per heavy atom. The number of hydrogen-bond acceptors (Lipinski definition) is 24. The van der Waals surface area contributed by atoms with Crippen LogP contribution in [0.2, 0.25) is 0 Å². The van der Waals surface area contributed by atoms with E-state index < -0.39 is 160 Å². The zero-order chi connectivity index (χ0) is 53.6. The Kier molecular flexibility index (Phi) is 19.7. The number of ether oxygens (including phenoxy) is 14. The third-order valence-corrected chi connectivity index (χ3v) is 11.0. The van der Waals surface area contributed by atoms with Gasteiger partial charge in [-0.3, -0.25) is 28.8 Å². The van der Waals surface area contributed by atoms with E-state index in [2.05, 4.69) is 0 Å². The molecule has 1 N–H and O–H groups in total. The Bertz CT molecular complexity index is 2450. The number of aliphatic hydroxyl groups is 1. The number of esters is 9. The average Bonchev–Trinajstić information content (AvgIpc) is 3.66. The predicted octanol–water partition coefficient (Wildman–Crippen LogP) is 2.09. The van der Waals surface area contributed by atoms with Crippen LogP contribution in [0.25, 0.3) is 0 Å². The summed E-state index contributed by atoms with van der Waals surface area (Å²) in [5, 5.41) is 11.1. The van der Waals surface area contributed by atoms with Crippen molar-refractivity contribution in [3.8, 4) is 0 Å². The van der Waals surface area contributed by atoms with Crippen molar-refractivity contribution in [3.05, 3.63) is 108 Å². The molecule has 24 nitrogen and oxygen atoms in total. The Morgan fingerprint density at radius 1 is 0.378 bits per heavy atom. The van der Waals surface area contributed by atoms with E-state index in [1.165, 1.54) is 36.4 Å². The fourth-order valence-corrected chi connectivity index (χ4v) is 8.05.